The topological polar surface area (TPSA) is 89.7 Å². The zero-order valence-corrected chi connectivity index (χ0v) is 22.8. The molecule has 2 aromatic carbocycles. The zero-order chi connectivity index (χ0) is 26.8. The third-order valence-electron chi connectivity index (χ3n) is 8.43. The lowest BCUT2D eigenvalue weighted by Gasteiger charge is -2.46. The van der Waals surface area contributed by atoms with Gasteiger partial charge in [-0.1, -0.05) is 30.3 Å². The minimum absolute atomic E-state index is 0.0690. The molecular formula is C30H35N5O3S. The highest BCUT2D eigenvalue weighted by Gasteiger charge is 2.44. The lowest BCUT2D eigenvalue weighted by Crippen LogP contribution is -2.62. The minimum atomic E-state index is -0.105. The Kier molecular flexibility index (Phi) is 7.63. The van der Waals surface area contributed by atoms with E-state index in [0.29, 0.717) is 29.8 Å². The maximum Gasteiger partial charge on any atom is 0.251 e. The number of carbonyl (C=O) groups is 2. The Bertz CT molecular complexity index is 1350. The largest absolute Gasteiger partial charge is 0.379 e. The number of nitrogens with zero attached hydrogens (tertiary/aromatic N) is 2. The normalized spacial score (nSPS) is 23.9. The van der Waals surface area contributed by atoms with Crippen molar-refractivity contribution >= 4 is 40.0 Å². The lowest BCUT2D eigenvalue weighted by atomic mass is 9.79. The standard InChI is InChI=1S/C30H35N5O3S/c36-28(31-12-11-22-18-32-26-4-2-1-3-24(22)26)21-7-5-20(6-8-21)19-35-29(37)25-17-23(34-13-15-38-16-14-34)9-10-27(25)33-30(35)39/h1-8,18,23,25,27,32H,9-17,19H2,(H,31,36)(H,33,39). The molecule has 3 fully saturated rings. The molecule has 0 radical (unpaired) electrons. The Hall–Kier alpha value is -3.27. The maximum atomic E-state index is 13.6. The Morgan fingerprint density at radius 2 is 1.87 bits per heavy atom. The number of amides is 2. The number of aromatic nitrogens is 1. The van der Waals surface area contributed by atoms with Crippen molar-refractivity contribution in [2.45, 2.75) is 44.3 Å². The molecule has 8 nitrogen and oxygen atoms in total. The zero-order valence-electron chi connectivity index (χ0n) is 22.0. The van der Waals surface area contributed by atoms with Gasteiger partial charge in [0.1, 0.15) is 0 Å². The fraction of sp³-hybridized carbons (Fsp3) is 0.433. The van der Waals surface area contributed by atoms with Gasteiger partial charge in [0, 0.05) is 54.4 Å². The molecule has 9 heteroatoms. The first kappa shape index (κ1) is 26.0. The highest BCUT2D eigenvalue weighted by molar-refractivity contribution is 7.80. The second kappa shape index (κ2) is 11.5. The lowest BCUT2D eigenvalue weighted by molar-refractivity contribution is -0.136. The van der Waals surface area contributed by atoms with Crippen molar-refractivity contribution in [2.75, 3.05) is 32.8 Å². The van der Waals surface area contributed by atoms with Crippen LogP contribution >= 0.6 is 12.2 Å². The average molecular weight is 546 g/mol. The molecule has 204 valence electrons. The summed E-state index contributed by atoms with van der Waals surface area (Å²) in [5.41, 5.74) is 3.84. The van der Waals surface area contributed by atoms with Crippen molar-refractivity contribution in [3.63, 3.8) is 0 Å². The molecule has 1 saturated carbocycles. The Morgan fingerprint density at radius 3 is 2.69 bits per heavy atom. The molecule has 3 aromatic rings. The Labute approximate surface area is 234 Å². The van der Waals surface area contributed by atoms with Crippen molar-refractivity contribution in [1.29, 1.82) is 0 Å². The van der Waals surface area contributed by atoms with Crippen LogP contribution < -0.4 is 10.6 Å². The van der Waals surface area contributed by atoms with Crippen LogP contribution in [0.1, 0.15) is 40.7 Å². The molecule has 0 bridgehead atoms. The highest BCUT2D eigenvalue weighted by atomic mass is 32.1. The van der Waals surface area contributed by atoms with Crippen molar-refractivity contribution in [2.24, 2.45) is 5.92 Å². The third kappa shape index (κ3) is 5.57. The molecule has 3 unspecified atom stereocenters. The molecule has 2 saturated heterocycles. The number of ether oxygens (including phenoxy) is 1. The van der Waals surface area contributed by atoms with Crippen LogP contribution in [0.2, 0.25) is 0 Å². The monoisotopic (exact) mass is 545 g/mol. The molecule has 1 aromatic heterocycles. The van der Waals surface area contributed by atoms with Crippen LogP contribution in [0.3, 0.4) is 0 Å². The van der Waals surface area contributed by atoms with E-state index in [1.807, 2.05) is 42.6 Å². The van der Waals surface area contributed by atoms with Crippen molar-refractivity contribution in [3.05, 3.63) is 71.4 Å². The molecule has 3 N–H and O–H groups in total. The fourth-order valence-electron chi connectivity index (χ4n) is 6.25. The van der Waals surface area contributed by atoms with Gasteiger partial charge >= 0.3 is 0 Å². The van der Waals surface area contributed by atoms with E-state index < -0.39 is 0 Å². The van der Waals surface area contributed by atoms with E-state index >= 15 is 0 Å². The number of hydrogen-bond donors (Lipinski definition) is 3. The second-order valence-corrected chi connectivity index (χ2v) is 11.2. The van der Waals surface area contributed by atoms with Gasteiger partial charge in [-0.2, -0.15) is 0 Å². The van der Waals surface area contributed by atoms with Crippen LogP contribution in [-0.2, 0) is 22.5 Å². The van der Waals surface area contributed by atoms with E-state index in [1.54, 1.807) is 4.90 Å². The van der Waals surface area contributed by atoms with E-state index in [0.717, 1.165) is 63.1 Å². The van der Waals surface area contributed by atoms with Gasteiger partial charge in [-0.05, 0) is 67.2 Å². The number of morpholine rings is 1. The summed E-state index contributed by atoms with van der Waals surface area (Å²) in [6.45, 7) is 4.37. The molecule has 3 atom stereocenters. The number of nitrogens with one attached hydrogen (secondary N) is 3. The van der Waals surface area contributed by atoms with E-state index in [2.05, 4.69) is 32.7 Å². The Morgan fingerprint density at radius 1 is 1.08 bits per heavy atom. The van der Waals surface area contributed by atoms with Crippen LogP contribution in [0, 0.1) is 5.92 Å². The fourth-order valence-corrected chi connectivity index (χ4v) is 6.56. The van der Waals surface area contributed by atoms with Crippen LogP contribution in [0.15, 0.2) is 54.7 Å². The molecule has 1 aliphatic carbocycles. The minimum Gasteiger partial charge on any atom is -0.379 e. The third-order valence-corrected chi connectivity index (χ3v) is 8.77. The molecule has 3 aliphatic rings. The van der Waals surface area contributed by atoms with Crippen LogP contribution in [-0.4, -0.2) is 76.6 Å². The number of fused-ring (bicyclic) bond motifs is 2. The van der Waals surface area contributed by atoms with Gasteiger partial charge in [0.2, 0.25) is 5.91 Å². The predicted molar refractivity (Wildman–Crippen MR) is 154 cm³/mol. The summed E-state index contributed by atoms with van der Waals surface area (Å²) < 4.78 is 5.51. The summed E-state index contributed by atoms with van der Waals surface area (Å²) in [4.78, 5) is 33.8. The first-order chi connectivity index (χ1) is 19.1. The van der Waals surface area contributed by atoms with Gasteiger partial charge in [0.05, 0.1) is 25.7 Å². The summed E-state index contributed by atoms with van der Waals surface area (Å²) in [6, 6.07) is 16.2. The van der Waals surface area contributed by atoms with Gasteiger partial charge in [-0.25, -0.2) is 0 Å². The summed E-state index contributed by atoms with van der Waals surface area (Å²) in [6.07, 6.45) is 5.65. The van der Waals surface area contributed by atoms with Crippen LogP contribution in [0.5, 0.6) is 0 Å². The molecular weight excluding hydrogens is 510 g/mol. The average Bonchev–Trinajstić information content (AvgIpc) is 3.39. The number of hydrogen-bond acceptors (Lipinski definition) is 5. The van der Waals surface area contributed by atoms with Crippen LogP contribution in [0.25, 0.3) is 10.9 Å². The van der Waals surface area contributed by atoms with Gasteiger partial charge in [-0.15, -0.1) is 0 Å². The van der Waals surface area contributed by atoms with Gasteiger partial charge in [-0.3, -0.25) is 19.4 Å². The maximum absolute atomic E-state index is 13.6. The van der Waals surface area contributed by atoms with E-state index in [-0.39, 0.29) is 23.8 Å². The number of thiocarbonyl (C=S) groups is 1. The van der Waals surface area contributed by atoms with E-state index in [1.165, 1.54) is 10.9 Å². The molecule has 2 amide bonds. The van der Waals surface area contributed by atoms with Gasteiger partial charge < -0.3 is 20.4 Å². The van der Waals surface area contributed by atoms with Crippen molar-refractivity contribution in [3.8, 4) is 0 Å². The summed E-state index contributed by atoms with van der Waals surface area (Å²) in [5.74, 6) is -0.0619. The SMILES string of the molecule is O=C(NCCc1c[nH]c2ccccc12)c1ccc(CN2C(=O)C3CC(N4CCOCC4)CCC3NC2=S)cc1. The van der Waals surface area contributed by atoms with E-state index in [9.17, 15) is 9.59 Å². The number of carbonyl (C=O) groups excluding carboxylic acids is 2. The summed E-state index contributed by atoms with van der Waals surface area (Å²) in [5, 5.41) is 8.16. The van der Waals surface area contributed by atoms with Gasteiger partial charge in [0.25, 0.3) is 5.91 Å². The number of aromatic amines is 1. The molecule has 3 heterocycles. The van der Waals surface area contributed by atoms with E-state index in [4.69, 9.17) is 17.0 Å². The number of benzene rings is 2. The van der Waals surface area contributed by atoms with Crippen molar-refractivity contribution < 1.29 is 14.3 Å². The van der Waals surface area contributed by atoms with Gasteiger partial charge in [0.15, 0.2) is 5.11 Å². The van der Waals surface area contributed by atoms with Crippen molar-refractivity contribution in [1.82, 2.24) is 25.4 Å². The summed E-state index contributed by atoms with van der Waals surface area (Å²) >= 11 is 5.61. The first-order valence-corrected chi connectivity index (χ1v) is 14.3. The molecule has 2 aliphatic heterocycles. The molecule has 6 rings (SSSR count). The number of rotatable bonds is 7. The Balaban J connectivity index is 1.04. The smallest absolute Gasteiger partial charge is 0.251 e. The molecule has 39 heavy (non-hydrogen) atoms. The number of H-pyrrole nitrogens is 1. The second-order valence-electron chi connectivity index (χ2n) is 10.8. The quantitative estimate of drug-likeness (QED) is 0.395. The van der Waals surface area contributed by atoms with Crippen LogP contribution in [0.4, 0.5) is 0 Å². The highest BCUT2D eigenvalue weighted by Crippen LogP contribution is 2.33. The first-order valence-electron chi connectivity index (χ1n) is 13.9. The predicted octanol–water partition coefficient (Wildman–Crippen LogP) is 3.23. The molecule has 0 spiro atoms. The summed E-state index contributed by atoms with van der Waals surface area (Å²) in [7, 11) is 0. The number of para-hydroxylation sites is 1.